The molecule has 1 N–H and O–H groups in total. The van der Waals surface area contributed by atoms with Crippen molar-refractivity contribution >= 4 is 18.3 Å². The van der Waals surface area contributed by atoms with Gasteiger partial charge in [-0.15, -0.1) is 12.4 Å². The molecular weight excluding hydrogens is 365 g/mol. The Hall–Kier alpha value is -2.05. The molecule has 2 aromatic carbocycles. The highest BCUT2D eigenvalue weighted by Crippen LogP contribution is 2.28. The summed E-state index contributed by atoms with van der Waals surface area (Å²) in [6.07, 6.45) is 0. The van der Waals surface area contributed by atoms with Crippen LogP contribution < -0.4 is 5.32 Å². The topological polar surface area (TPSA) is 32.3 Å². The molecule has 1 heterocycles. The normalized spacial score (nSPS) is 18.2. The lowest BCUT2D eigenvalue weighted by Crippen LogP contribution is -2.49. The van der Waals surface area contributed by atoms with Crippen molar-refractivity contribution in [3.63, 3.8) is 0 Å². The smallest absolute Gasteiger partial charge is 0.230 e. The van der Waals surface area contributed by atoms with Crippen LogP contribution in [0.3, 0.4) is 0 Å². The zero-order valence-corrected chi connectivity index (χ0v) is 15.0. The fraction of sp³-hybridized carbons (Fsp3) is 0.316. The Labute approximate surface area is 156 Å². The van der Waals surface area contributed by atoms with Crippen LogP contribution in [0.15, 0.2) is 42.5 Å². The first-order valence-electron chi connectivity index (χ1n) is 8.19. The average Bonchev–Trinajstić information content (AvgIpc) is 2.63. The third kappa shape index (κ3) is 4.19. The van der Waals surface area contributed by atoms with Gasteiger partial charge in [0.25, 0.3) is 0 Å². The minimum atomic E-state index is -0.973. The van der Waals surface area contributed by atoms with Gasteiger partial charge in [0.1, 0.15) is 5.82 Å². The Balaban J connectivity index is 0.00000243. The number of halogens is 4. The highest BCUT2D eigenvalue weighted by molar-refractivity contribution is 5.85. The first kappa shape index (κ1) is 20.3. The minimum absolute atomic E-state index is 0. The van der Waals surface area contributed by atoms with Crippen LogP contribution in [0.25, 0.3) is 0 Å². The van der Waals surface area contributed by atoms with Crippen molar-refractivity contribution in [1.82, 2.24) is 10.2 Å². The lowest BCUT2D eigenvalue weighted by atomic mass is 9.96. The van der Waals surface area contributed by atoms with Crippen LogP contribution in [0, 0.1) is 17.5 Å². The van der Waals surface area contributed by atoms with Gasteiger partial charge < -0.3 is 10.2 Å². The molecule has 1 aliphatic rings. The van der Waals surface area contributed by atoms with Gasteiger partial charge in [0.15, 0.2) is 11.6 Å². The van der Waals surface area contributed by atoms with E-state index in [0.29, 0.717) is 30.8 Å². The molecule has 0 aliphatic carbocycles. The summed E-state index contributed by atoms with van der Waals surface area (Å²) < 4.78 is 40.2. The molecule has 140 valence electrons. The average molecular weight is 385 g/mol. The SMILES string of the molecule is CC(C(=O)N1CCNCC1c1cccc(F)c1)c1ccc(F)c(F)c1.Cl. The summed E-state index contributed by atoms with van der Waals surface area (Å²) in [6, 6.07) is 9.36. The number of carbonyl (C=O) groups is 1. The van der Waals surface area contributed by atoms with E-state index in [0.717, 1.165) is 12.1 Å². The van der Waals surface area contributed by atoms with Crippen molar-refractivity contribution in [1.29, 1.82) is 0 Å². The molecule has 7 heteroatoms. The number of carbonyl (C=O) groups excluding carboxylic acids is 1. The van der Waals surface area contributed by atoms with E-state index in [2.05, 4.69) is 5.32 Å². The van der Waals surface area contributed by atoms with E-state index >= 15 is 0 Å². The molecule has 2 unspecified atom stereocenters. The molecule has 1 saturated heterocycles. The predicted octanol–water partition coefficient (Wildman–Crippen LogP) is 3.80. The Kier molecular flexibility index (Phi) is 6.67. The Morgan fingerprint density at radius 1 is 1.15 bits per heavy atom. The van der Waals surface area contributed by atoms with E-state index in [1.54, 1.807) is 24.0 Å². The zero-order valence-electron chi connectivity index (χ0n) is 14.2. The summed E-state index contributed by atoms with van der Waals surface area (Å²) in [5.41, 5.74) is 1.12. The van der Waals surface area contributed by atoms with Gasteiger partial charge in [-0.1, -0.05) is 18.2 Å². The lowest BCUT2D eigenvalue weighted by molar-refractivity contribution is -0.135. The first-order chi connectivity index (χ1) is 12.0. The molecule has 1 fully saturated rings. The van der Waals surface area contributed by atoms with E-state index in [1.807, 2.05) is 0 Å². The summed E-state index contributed by atoms with van der Waals surface area (Å²) >= 11 is 0. The molecule has 0 aromatic heterocycles. The van der Waals surface area contributed by atoms with Gasteiger partial charge in [-0.05, 0) is 42.3 Å². The van der Waals surface area contributed by atoms with Gasteiger partial charge in [-0.25, -0.2) is 13.2 Å². The molecule has 2 atom stereocenters. The van der Waals surface area contributed by atoms with Crippen LogP contribution >= 0.6 is 12.4 Å². The van der Waals surface area contributed by atoms with Crippen molar-refractivity contribution in [2.45, 2.75) is 18.9 Å². The van der Waals surface area contributed by atoms with Crippen LogP contribution in [0.1, 0.15) is 30.0 Å². The first-order valence-corrected chi connectivity index (χ1v) is 8.19. The third-order valence-electron chi connectivity index (χ3n) is 4.57. The fourth-order valence-electron chi connectivity index (χ4n) is 3.15. The number of hydrogen-bond acceptors (Lipinski definition) is 2. The third-order valence-corrected chi connectivity index (χ3v) is 4.57. The number of piperazine rings is 1. The molecule has 0 radical (unpaired) electrons. The number of amides is 1. The number of rotatable bonds is 3. The second-order valence-corrected chi connectivity index (χ2v) is 6.20. The van der Waals surface area contributed by atoms with E-state index in [4.69, 9.17) is 0 Å². The van der Waals surface area contributed by atoms with Crippen molar-refractivity contribution in [2.24, 2.45) is 0 Å². The summed E-state index contributed by atoms with van der Waals surface area (Å²) in [5.74, 6) is -3.09. The monoisotopic (exact) mass is 384 g/mol. The molecule has 1 amide bonds. The van der Waals surface area contributed by atoms with Crippen LogP contribution in [-0.2, 0) is 4.79 Å². The lowest BCUT2D eigenvalue weighted by Gasteiger charge is -2.38. The van der Waals surface area contributed by atoms with E-state index in [-0.39, 0.29) is 30.2 Å². The number of nitrogens with one attached hydrogen (secondary N) is 1. The van der Waals surface area contributed by atoms with Crippen molar-refractivity contribution in [3.8, 4) is 0 Å². The van der Waals surface area contributed by atoms with E-state index in [9.17, 15) is 18.0 Å². The molecule has 3 nitrogen and oxygen atoms in total. The second-order valence-electron chi connectivity index (χ2n) is 6.20. The van der Waals surface area contributed by atoms with Gasteiger partial charge in [0.05, 0.1) is 12.0 Å². The highest BCUT2D eigenvalue weighted by atomic mass is 35.5. The standard InChI is InChI=1S/C19H19F3N2O.ClH/c1-12(13-5-6-16(21)17(22)10-13)19(25)24-8-7-23-11-18(24)14-3-2-4-15(20)9-14;/h2-6,9-10,12,18,23H,7-8,11H2,1H3;1H. The Morgan fingerprint density at radius 2 is 1.92 bits per heavy atom. The largest absolute Gasteiger partial charge is 0.333 e. The van der Waals surface area contributed by atoms with Gasteiger partial charge in [-0.2, -0.15) is 0 Å². The fourth-order valence-corrected chi connectivity index (χ4v) is 3.15. The number of nitrogens with zero attached hydrogens (tertiary/aromatic N) is 1. The maximum Gasteiger partial charge on any atom is 0.230 e. The summed E-state index contributed by atoms with van der Waals surface area (Å²) in [6.45, 7) is 3.27. The van der Waals surface area contributed by atoms with Crippen LogP contribution in [0.4, 0.5) is 13.2 Å². The molecule has 3 rings (SSSR count). The van der Waals surface area contributed by atoms with Crippen molar-refractivity contribution < 1.29 is 18.0 Å². The molecule has 0 bridgehead atoms. The molecule has 26 heavy (non-hydrogen) atoms. The molecule has 2 aromatic rings. The predicted molar refractivity (Wildman–Crippen MR) is 95.7 cm³/mol. The van der Waals surface area contributed by atoms with Gasteiger partial charge in [-0.3, -0.25) is 4.79 Å². The summed E-state index contributed by atoms with van der Waals surface area (Å²) in [4.78, 5) is 14.6. The van der Waals surface area contributed by atoms with E-state index in [1.165, 1.54) is 18.2 Å². The second kappa shape index (κ2) is 8.56. The zero-order chi connectivity index (χ0) is 18.0. The molecule has 1 aliphatic heterocycles. The maximum atomic E-state index is 13.6. The Bertz CT molecular complexity index is 787. The highest BCUT2D eigenvalue weighted by Gasteiger charge is 2.31. The van der Waals surface area contributed by atoms with E-state index < -0.39 is 17.6 Å². The van der Waals surface area contributed by atoms with Crippen LogP contribution in [0.5, 0.6) is 0 Å². The van der Waals surface area contributed by atoms with Crippen molar-refractivity contribution in [2.75, 3.05) is 19.6 Å². The molecule has 0 spiro atoms. The van der Waals surface area contributed by atoms with Crippen LogP contribution in [-0.4, -0.2) is 30.4 Å². The maximum absolute atomic E-state index is 13.6. The molecular formula is C19H20ClF3N2O. The quantitative estimate of drug-likeness (QED) is 0.873. The number of benzene rings is 2. The van der Waals surface area contributed by atoms with Gasteiger partial charge >= 0.3 is 0 Å². The summed E-state index contributed by atoms with van der Waals surface area (Å²) in [5, 5.41) is 3.21. The van der Waals surface area contributed by atoms with Crippen LogP contribution in [0.2, 0.25) is 0 Å². The summed E-state index contributed by atoms with van der Waals surface area (Å²) in [7, 11) is 0. The van der Waals surface area contributed by atoms with Gasteiger partial charge in [0.2, 0.25) is 5.91 Å². The number of hydrogen-bond donors (Lipinski definition) is 1. The van der Waals surface area contributed by atoms with Crippen molar-refractivity contribution in [3.05, 3.63) is 71.0 Å². The van der Waals surface area contributed by atoms with Gasteiger partial charge in [0, 0.05) is 19.6 Å². The molecule has 0 saturated carbocycles. The minimum Gasteiger partial charge on any atom is -0.333 e. The Morgan fingerprint density at radius 3 is 2.62 bits per heavy atom.